The summed E-state index contributed by atoms with van der Waals surface area (Å²) in [5.74, 6) is 2.88. The van der Waals surface area contributed by atoms with Crippen LogP contribution in [0, 0.1) is 56.2 Å². The highest BCUT2D eigenvalue weighted by Crippen LogP contribution is 2.78. The van der Waals surface area contributed by atoms with Crippen LogP contribution in [0.25, 0.3) is 0 Å². The smallest absolute Gasteiger partial charge is 0.302 e. The number of esters is 1. The van der Waals surface area contributed by atoms with Crippen molar-refractivity contribution in [2.75, 3.05) is 6.61 Å². The zero-order valence-electron chi connectivity index (χ0n) is 24.0. The third-order valence-electron chi connectivity index (χ3n) is 14.4. The Kier molecular flexibility index (Phi) is 5.16. The lowest BCUT2D eigenvalue weighted by Crippen LogP contribution is -2.67. The van der Waals surface area contributed by atoms with Gasteiger partial charge in [-0.05, 0) is 115 Å². The van der Waals surface area contributed by atoms with Crippen molar-refractivity contribution in [3.8, 4) is 0 Å². The summed E-state index contributed by atoms with van der Waals surface area (Å²) in [6.45, 7) is 20.5. The molecule has 6 rings (SSSR count). The molecular formula is C32H52O3. The second kappa shape index (κ2) is 7.29. The topological polar surface area (TPSA) is 35.5 Å². The molecule has 0 spiro atoms. The summed E-state index contributed by atoms with van der Waals surface area (Å²) in [6.07, 6.45) is 13.7. The van der Waals surface area contributed by atoms with Crippen LogP contribution in [0.5, 0.6) is 0 Å². The Morgan fingerprint density at radius 3 is 2.20 bits per heavy atom. The number of rotatable bonds is 1. The number of fused-ring (bicyclic) bond motifs is 5. The fourth-order valence-electron chi connectivity index (χ4n) is 12.4. The average Bonchev–Trinajstić information content (AvgIpc) is 3.10. The number of hydrogen-bond acceptors (Lipinski definition) is 3. The average molecular weight is 485 g/mol. The Morgan fingerprint density at radius 1 is 0.771 bits per heavy atom. The van der Waals surface area contributed by atoms with Crippen LogP contribution in [-0.4, -0.2) is 24.8 Å². The minimum Gasteiger partial charge on any atom is -0.462 e. The molecule has 0 amide bonds. The summed E-state index contributed by atoms with van der Waals surface area (Å²) in [6, 6.07) is 0. The Morgan fingerprint density at radius 2 is 1.49 bits per heavy atom. The van der Waals surface area contributed by atoms with Crippen molar-refractivity contribution < 1.29 is 14.3 Å². The Bertz CT molecular complexity index is 906. The number of hydrogen-bond donors (Lipinski definition) is 0. The molecule has 198 valence electrons. The Labute approximate surface area is 214 Å². The first kappa shape index (κ1) is 24.7. The molecule has 1 saturated heterocycles. The van der Waals surface area contributed by atoms with Crippen LogP contribution in [0.1, 0.15) is 120 Å². The van der Waals surface area contributed by atoms with Gasteiger partial charge >= 0.3 is 5.97 Å². The molecule has 5 aliphatic carbocycles. The molecule has 0 aromatic heterocycles. The molecule has 0 radical (unpaired) electrons. The van der Waals surface area contributed by atoms with E-state index in [1.165, 1.54) is 57.8 Å². The quantitative estimate of drug-likeness (QED) is 0.356. The molecule has 0 aromatic rings. The van der Waals surface area contributed by atoms with Crippen molar-refractivity contribution in [3.63, 3.8) is 0 Å². The molecular weight excluding hydrogens is 432 g/mol. The van der Waals surface area contributed by atoms with E-state index in [9.17, 15) is 4.79 Å². The van der Waals surface area contributed by atoms with Crippen molar-refractivity contribution in [1.29, 1.82) is 0 Å². The molecule has 3 nitrogen and oxygen atoms in total. The van der Waals surface area contributed by atoms with Gasteiger partial charge in [0.2, 0.25) is 0 Å². The zero-order chi connectivity index (χ0) is 25.2. The van der Waals surface area contributed by atoms with Gasteiger partial charge in [0.15, 0.2) is 0 Å². The summed E-state index contributed by atoms with van der Waals surface area (Å²) in [5.41, 5.74) is 2.00. The summed E-state index contributed by atoms with van der Waals surface area (Å²) >= 11 is 0. The SMILES string of the molecule is CC(=O)O[C@H]1CC[C@]2(C)[C@H]3CC[C@@H]4[C@H]5[C@H]6OC[C@@]5(CCC6(C)C)CC[C@@]4(C)[C@]3(C)CC[C@H]2C1(C)C. The van der Waals surface area contributed by atoms with Crippen LogP contribution < -0.4 is 0 Å². The van der Waals surface area contributed by atoms with E-state index in [0.29, 0.717) is 39.1 Å². The molecule has 3 heteroatoms. The molecule has 1 aliphatic heterocycles. The van der Waals surface area contributed by atoms with Crippen molar-refractivity contribution in [3.05, 3.63) is 0 Å². The lowest BCUT2D eigenvalue weighted by atomic mass is 9.31. The predicted octanol–water partition coefficient (Wildman–Crippen LogP) is 7.81. The van der Waals surface area contributed by atoms with Gasteiger partial charge in [-0.25, -0.2) is 0 Å². The van der Waals surface area contributed by atoms with E-state index in [2.05, 4.69) is 48.5 Å². The summed E-state index contributed by atoms with van der Waals surface area (Å²) in [5, 5.41) is 0. The molecule has 0 N–H and O–H groups in total. The van der Waals surface area contributed by atoms with Crippen LogP contribution in [0.2, 0.25) is 0 Å². The third kappa shape index (κ3) is 2.97. The third-order valence-corrected chi connectivity index (χ3v) is 14.4. The Hall–Kier alpha value is -0.570. The maximum absolute atomic E-state index is 11.9. The summed E-state index contributed by atoms with van der Waals surface area (Å²) < 4.78 is 12.7. The number of carbonyl (C=O) groups is 1. The molecule has 35 heavy (non-hydrogen) atoms. The molecule has 0 aromatic carbocycles. The highest BCUT2D eigenvalue weighted by molar-refractivity contribution is 5.66. The Balaban J connectivity index is 1.35. The van der Waals surface area contributed by atoms with Crippen LogP contribution in [0.4, 0.5) is 0 Å². The van der Waals surface area contributed by atoms with E-state index in [4.69, 9.17) is 9.47 Å². The van der Waals surface area contributed by atoms with Gasteiger partial charge in [0.1, 0.15) is 6.10 Å². The fraction of sp³-hybridized carbons (Fsp3) is 0.969. The van der Waals surface area contributed by atoms with Gasteiger partial charge in [-0.3, -0.25) is 4.79 Å². The van der Waals surface area contributed by atoms with Crippen LogP contribution in [-0.2, 0) is 14.3 Å². The standard InChI is InChI=1S/C32H52O3/c1-20(33)35-24-12-13-29(6)22(28(24,4)5)11-14-31(8)23(29)10-9-21-25-26-27(2,3)15-17-32(25,19-34-26)18-16-30(21,31)7/h21-26H,9-19H2,1-8H3/t21-,22+,23-,24+,25+,26-,29+,30-,31-,32-/m1/s1. The molecule has 5 saturated carbocycles. The van der Waals surface area contributed by atoms with Crippen LogP contribution >= 0.6 is 0 Å². The highest BCUT2D eigenvalue weighted by atomic mass is 16.5. The van der Waals surface area contributed by atoms with Gasteiger partial charge in [0.25, 0.3) is 0 Å². The molecule has 10 atom stereocenters. The first-order chi connectivity index (χ1) is 16.2. The minimum atomic E-state index is -0.108. The van der Waals surface area contributed by atoms with Gasteiger partial charge < -0.3 is 9.47 Å². The normalized spacial score (nSPS) is 55.7. The van der Waals surface area contributed by atoms with Gasteiger partial charge in [-0.15, -0.1) is 0 Å². The zero-order valence-corrected chi connectivity index (χ0v) is 24.0. The van der Waals surface area contributed by atoms with Crippen molar-refractivity contribution in [2.45, 2.75) is 132 Å². The maximum atomic E-state index is 11.9. The first-order valence-electron chi connectivity index (χ1n) is 15.0. The van der Waals surface area contributed by atoms with E-state index in [0.717, 1.165) is 30.8 Å². The number of carbonyl (C=O) groups excluding carboxylic acids is 1. The van der Waals surface area contributed by atoms with Gasteiger partial charge in [0, 0.05) is 12.3 Å². The monoisotopic (exact) mass is 484 g/mol. The van der Waals surface area contributed by atoms with E-state index >= 15 is 0 Å². The second-order valence-electron chi connectivity index (χ2n) is 16.2. The predicted molar refractivity (Wildman–Crippen MR) is 140 cm³/mol. The summed E-state index contributed by atoms with van der Waals surface area (Å²) in [7, 11) is 0. The largest absolute Gasteiger partial charge is 0.462 e. The van der Waals surface area contributed by atoms with E-state index < -0.39 is 0 Å². The van der Waals surface area contributed by atoms with E-state index in [1.807, 2.05) is 0 Å². The fourth-order valence-corrected chi connectivity index (χ4v) is 12.4. The second-order valence-corrected chi connectivity index (χ2v) is 16.2. The first-order valence-corrected chi connectivity index (χ1v) is 15.0. The van der Waals surface area contributed by atoms with Crippen molar-refractivity contribution in [2.24, 2.45) is 56.2 Å². The molecule has 0 unspecified atom stereocenters. The summed E-state index contributed by atoms with van der Waals surface area (Å²) in [4.78, 5) is 11.9. The van der Waals surface area contributed by atoms with Crippen LogP contribution in [0.15, 0.2) is 0 Å². The lowest BCUT2D eigenvalue weighted by molar-refractivity contribution is -0.254. The highest BCUT2D eigenvalue weighted by Gasteiger charge is 2.72. The molecule has 6 fully saturated rings. The molecule has 2 bridgehead atoms. The number of ether oxygens (including phenoxy) is 2. The maximum Gasteiger partial charge on any atom is 0.302 e. The minimum absolute atomic E-state index is 0.0503. The molecule has 1 heterocycles. The van der Waals surface area contributed by atoms with Gasteiger partial charge in [-0.2, -0.15) is 0 Å². The van der Waals surface area contributed by atoms with Crippen molar-refractivity contribution >= 4 is 5.97 Å². The molecule has 6 aliphatic rings. The van der Waals surface area contributed by atoms with E-state index in [-0.39, 0.29) is 17.5 Å². The van der Waals surface area contributed by atoms with E-state index in [1.54, 1.807) is 6.92 Å². The van der Waals surface area contributed by atoms with Crippen LogP contribution in [0.3, 0.4) is 0 Å². The van der Waals surface area contributed by atoms with Gasteiger partial charge in [-0.1, -0.05) is 48.5 Å². The van der Waals surface area contributed by atoms with Crippen molar-refractivity contribution in [1.82, 2.24) is 0 Å². The van der Waals surface area contributed by atoms with Gasteiger partial charge in [0.05, 0.1) is 12.7 Å². The lowest BCUT2D eigenvalue weighted by Gasteiger charge is -2.73.